The van der Waals surface area contributed by atoms with Crippen LogP contribution in [0.25, 0.3) is 0 Å². The summed E-state index contributed by atoms with van der Waals surface area (Å²) in [5.74, 6) is 0.213. The molecule has 0 aromatic heterocycles. The maximum atomic E-state index is 11.2. The number of amides is 1. The predicted molar refractivity (Wildman–Crippen MR) is 72.5 cm³/mol. The fourth-order valence-corrected chi connectivity index (χ4v) is 2.33. The molecule has 1 aromatic rings. The van der Waals surface area contributed by atoms with Crippen LogP contribution in [0.15, 0.2) is 17.2 Å². The SMILES string of the molecule is CCOC(=O)N/N=C1\CCCc2c(C)ccc(O)c21. The van der Waals surface area contributed by atoms with E-state index in [1.165, 1.54) is 0 Å². The van der Waals surface area contributed by atoms with E-state index in [1.807, 2.05) is 13.0 Å². The molecule has 0 bridgehead atoms. The Morgan fingerprint density at radius 1 is 1.47 bits per heavy atom. The molecule has 5 heteroatoms. The van der Waals surface area contributed by atoms with Crippen LogP contribution in [0.5, 0.6) is 5.75 Å². The molecule has 0 spiro atoms. The number of phenolic OH excluding ortho intramolecular Hbond substituents is 1. The number of hydrazone groups is 1. The lowest BCUT2D eigenvalue weighted by atomic mass is 9.86. The number of nitrogens with one attached hydrogen (secondary N) is 1. The van der Waals surface area contributed by atoms with Crippen LogP contribution in [0.3, 0.4) is 0 Å². The summed E-state index contributed by atoms with van der Waals surface area (Å²) in [7, 11) is 0. The van der Waals surface area contributed by atoms with Crippen LogP contribution in [0.4, 0.5) is 4.79 Å². The monoisotopic (exact) mass is 262 g/mol. The summed E-state index contributed by atoms with van der Waals surface area (Å²) in [6.07, 6.45) is 2.04. The van der Waals surface area contributed by atoms with Crippen molar-refractivity contribution in [1.29, 1.82) is 0 Å². The van der Waals surface area contributed by atoms with Gasteiger partial charge in [0.25, 0.3) is 0 Å². The van der Waals surface area contributed by atoms with E-state index in [1.54, 1.807) is 13.0 Å². The number of phenols is 1. The van der Waals surface area contributed by atoms with E-state index in [4.69, 9.17) is 4.74 Å². The van der Waals surface area contributed by atoms with Gasteiger partial charge in [-0.2, -0.15) is 5.10 Å². The molecule has 102 valence electrons. The number of carbonyl (C=O) groups is 1. The number of aromatic hydroxyl groups is 1. The van der Waals surface area contributed by atoms with Crippen molar-refractivity contribution in [2.45, 2.75) is 33.1 Å². The molecule has 2 rings (SSSR count). The molecule has 0 saturated heterocycles. The van der Waals surface area contributed by atoms with Gasteiger partial charge in [-0.1, -0.05) is 6.07 Å². The second-order valence-electron chi connectivity index (χ2n) is 4.50. The number of ether oxygens (including phenoxy) is 1. The standard InChI is InChI=1S/C14H18N2O3/c1-3-19-14(18)16-15-11-6-4-5-10-9(2)7-8-12(17)13(10)11/h7-8,17H,3-6H2,1-2H3,(H,16,18)/b15-11+. The molecule has 1 aliphatic rings. The van der Waals surface area contributed by atoms with Crippen LogP contribution in [-0.2, 0) is 11.2 Å². The van der Waals surface area contributed by atoms with Crippen molar-refractivity contribution in [1.82, 2.24) is 5.43 Å². The molecule has 2 N–H and O–H groups in total. The zero-order chi connectivity index (χ0) is 13.8. The summed E-state index contributed by atoms with van der Waals surface area (Å²) in [4.78, 5) is 11.2. The number of aryl methyl sites for hydroxylation is 1. The molecule has 5 nitrogen and oxygen atoms in total. The van der Waals surface area contributed by atoms with Crippen molar-refractivity contribution in [3.63, 3.8) is 0 Å². The molecule has 0 saturated carbocycles. The molecule has 0 radical (unpaired) electrons. The van der Waals surface area contributed by atoms with E-state index in [0.29, 0.717) is 12.3 Å². The first-order valence-electron chi connectivity index (χ1n) is 6.44. The van der Waals surface area contributed by atoms with Crippen LogP contribution in [0, 0.1) is 6.92 Å². The minimum atomic E-state index is -0.575. The van der Waals surface area contributed by atoms with Gasteiger partial charge in [-0.25, -0.2) is 10.2 Å². The third-order valence-corrected chi connectivity index (χ3v) is 3.21. The minimum absolute atomic E-state index is 0.213. The van der Waals surface area contributed by atoms with Gasteiger partial charge in [0.05, 0.1) is 12.3 Å². The fraction of sp³-hybridized carbons (Fsp3) is 0.429. The topological polar surface area (TPSA) is 70.9 Å². The highest BCUT2D eigenvalue weighted by Gasteiger charge is 2.21. The maximum absolute atomic E-state index is 11.2. The van der Waals surface area contributed by atoms with Gasteiger partial charge in [0.1, 0.15) is 5.75 Å². The second kappa shape index (κ2) is 5.73. The Balaban J connectivity index is 2.29. The number of carbonyl (C=O) groups excluding carboxylic acids is 1. The number of nitrogens with zero attached hydrogens (tertiary/aromatic N) is 1. The Morgan fingerprint density at radius 2 is 2.26 bits per heavy atom. The molecular formula is C14H18N2O3. The smallest absolute Gasteiger partial charge is 0.427 e. The van der Waals surface area contributed by atoms with Gasteiger partial charge < -0.3 is 9.84 Å². The predicted octanol–water partition coefficient (Wildman–Crippen LogP) is 2.49. The van der Waals surface area contributed by atoms with Gasteiger partial charge in [-0.15, -0.1) is 0 Å². The normalized spacial score (nSPS) is 16.0. The zero-order valence-electron chi connectivity index (χ0n) is 11.2. The molecule has 0 unspecified atom stereocenters. The molecule has 1 aromatic carbocycles. The highest BCUT2D eigenvalue weighted by Crippen LogP contribution is 2.31. The summed E-state index contributed by atoms with van der Waals surface area (Å²) >= 11 is 0. The van der Waals surface area contributed by atoms with Crippen molar-refractivity contribution >= 4 is 11.8 Å². The molecule has 0 heterocycles. The Morgan fingerprint density at radius 3 is 3.00 bits per heavy atom. The van der Waals surface area contributed by atoms with Crippen LogP contribution >= 0.6 is 0 Å². The lowest BCUT2D eigenvalue weighted by molar-refractivity contribution is 0.152. The lowest BCUT2D eigenvalue weighted by Gasteiger charge is -2.20. The zero-order valence-corrected chi connectivity index (χ0v) is 11.2. The van der Waals surface area contributed by atoms with E-state index in [0.717, 1.165) is 36.0 Å². The Bertz CT molecular complexity index is 524. The van der Waals surface area contributed by atoms with Crippen LogP contribution < -0.4 is 5.43 Å². The van der Waals surface area contributed by atoms with Gasteiger partial charge in [0, 0.05) is 5.56 Å². The summed E-state index contributed by atoms with van der Waals surface area (Å²) < 4.78 is 4.76. The van der Waals surface area contributed by atoms with Crippen molar-refractivity contribution in [3.05, 3.63) is 28.8 Å². The van der Waals surface area contributed by atoms with E-state index in [9.17, 15) is 9.90 Å². The van der Waals surface area contributed by atoms with Crippen LogP contribution in [0.1, 0.15) is 36.5 Å². The molecule has 0 aliphatic heterocycles. The Labute approximate surface area is 112 Å². The van der Waals surface area contributed by atoms with Crippen LogP contribution in [0.2, 0.25) is 0 Å². The summed E-state index contributed by atoms with van der Waals surface area (Å²) in [6, 6.07) is 3.56. The molecule has 1 amide bonds. The first-order chi connectivity index (χ1) is 9.13. The molecular weight excluding hydrogens is 244 g/mol. The quantitative estimate of drug-likeness (QED) is 0.804. The first-order valence-corrected chi connectivity index (χ1v) is 6.44. The Kier molecular flexibility index (Phi) is 4.04. The average molecular weight is 262 g/mol. The van der Waals surface area contributed by atoms with E-state index < -0.39 is 6.09 Å². The largest absolute Gasteiger partial charge is 0.507 e. The second-order valence-corrected chi connectivity index (χ2v) is 4.50. The van der Waals surface area contributed by atoms with Gasteiger partial charge >= 0.3 is 6.09 Å². The summed E-state index contributed by atoms with van der Waals surface area (Å²) in [6.45, 7) is 4.05. The number of fused-ring (bicyclic) bond motifs is 1. The summed E-state index contributed by atoms with van der Waals surface area (Å²) in [5.41, 5.74) is 6.06. The van der Waals surface area contributed by atoms with Gasteiger partial charge in [-0.3, -0.25) is 0 Å². The highest BCUT2D eigenvalue weighted by molar-refractivity contribution is 6.05. The number of hydrogen-bond acceptors (Lipinski definition) is 4. The van der Waals surface area contributed by atoms with Crippen molar-refractivity contribution in [3.8, 4) is 5.75 Å². The highest BCUT2D eigenvalue weighted by atomic mass is 16.5. The first kappa shape index (κ1) is 13.4. The number of hydrogen-bond donors (Lipinski definition) is 2. The lowest BCUT2D eigenvalue weighted by Crippen LogP contribution is -2.23. The van der Waals surface area contributed by atoms with Gasteiger partial charge in [0.15, 0.2) is 0 Å². The molecule has 1 aliphatic carbocycles. The average Bonchev–Trinajstić information content (AvgIpc) is 2.41. The minimum Gasteiger partial charge on any atom is -0.507 e. The number of benzene rings is 1. The molecule has 0 atom stereocenters. The van der Waals surface area contributed by atoms with Crippen molar-refractivity contribution in [2.75, 3.05) is 6.61 Å². The maximum Gasteiger partial charge on any atom is 0.427 e. The van der Waals surface area contributed by atoms with E-state index in [2.05, 4.69) is 10.5 Å². The van der Waals surface area contributed by atoms with Gasteiger partial charge in [-0.05, 0) is 50.3 Å². The third-order valence-electron chi connectivity index (χ3n) is 3.21. The Hall–Kier alpha value is -2.04. The summed E-state index contributed by atoms with van der Waals surface area (Å²) in [5, 5.41) is 14.1. The fourth-order valence-electron chi connectivity index (χ4n) is 2.33. The molecule has 0 fully saturated rings. The van der Waals surface area contributed by atoms with E-state index >= 15 is 0 Å². The third kappa shape index (κ3) is 2.86. The number of rotatable bonds is 2. The molecule has 19 heavy (non-hydrogen) atoms. The van der Waals surface area contributed by atoms with Crippen LogP contribution in [-0.4, -0.2) is 23.5 Å². The van der Waals surface area contributed by atoms with Crippen molar-refractivity contribution < 1.29 is 14.6 Å². The van der Waals surface area contributed by atoms with Crippen molar-refractivity contribution in [2.24, 2.45) is 5.10 Å². The van der Waals surface area contributed by atoms with E-state index in [-0.39, 0.29) is 5.75 Å². The van der Waals surface area contributed by atoms with Gasteiger partial charge in [0.2, 0.25) is 0 Å².